The first kappa shape index (κ1) is 32.9. The number of fused-ring (bicyclic) bond motifs is 1. The molecule has 1 atom stereocenters. The van der Waals surface area contributed by atoms with Crippen LogP contribution >= 0.6 is 11.3 Å². The largest absolute Gasteiger partial charge is 0.434 e. The number of carbonyl (C=O) groups excluding carboxylic acids is 2. The Morgan fingerprint density at radius 1 is 1.06 bits per heavy atom. The summed E-state index contributed by atoms with van der Waals surface area (Å²) in [6.45, 7) is 9.61. The van der Waals surface area contributed by atoms with Gasteiger partial charge in [-0.15, -0.1) is 11.3 Å². The number of hydrogen-bond donors (Lipinski definition) is 1. The molecule has 47 heavy (non-hydrogen) atoms. The smallest absolute Gasteiger partial charge is 0.379 e. The van der Waals surface area contributed by atoms with Gasteiger partial charge in [0.25, 0.3) is 0 Å². The Kier molecular flexibility index (Phi) is 9.55. The fraction of sp³-hybridized carbons (Fsp3) is 0.424. The summed E-state index contributed by atoms with van der Waals surface area (Å²) in [6, 6.07) is 6.78. The van der Waals surface area contributed by atoms with Crippen molar-refractivity contribution in [2.45, 2.75) is 38.9 Å². The van der Waals surface area contributed by atoms with Gasteiger partial charge < -0.3 is 19.5 Å². The summed E-state index contributed by atoms with van der Waals surface area (Å²) in [4.78, 5) is 51.1. The standard InChI is InChI=1S/C33H35F3N6O4S/c1-20(43)27-18-42(23-4-3-7-41(17-23)9-8-40-10-12-46-13-11-40)28-6-5-22(14-25(28)31(27)45)26-16-37-30(38-21(2)44)15-24(26)32-39-29(19-47-32)33(34,35)36/h5-6,14-16,18-19,23H,3-4,7-13,17H2,1-2H3,(H,37,38,44). The summed E-state index contributed by atoms with van der Waals surface area (Å²) in [5, 5.41) is 3.91. The van der Waals surface area contributed by atoms with Crippen molar-refractivity contribution in [3.63, 3.8) is 0 Å². The van der Waals surface area contributed by atoms with Gasteiger partial charge in [0.05, 0.1) is 24.3 Å². The van der Waals surface area contributed by atoms with Crippen molar-refractivity contribution in [1.29, 1.82) is 0 Å². The molecule has 1 unspecified atom stereocenters. The molecule has 3 aromatic heterocycles. The van der Waals surface area contributed by atoms with Gasteiger partial charge in [-0.1, -0.05) is 6.07 Å². The van der Waals surface area contributed by atoms with Gasteiger partial charge in [0, 0.05) is 80.0 Å². The number of piperidine rings is 1. The Hall–Kier alpha value is -3.98. The fourth-order valence-electron chi connectivity index (χ4n) is 6.28. The molecule has 0 spiro atoms. The highest BCUT2D eigenvalue weighted by Gasteiger charge is 2.34. The van der Waals surface area contributed by atoms with E-state index in [4.69, 9.17) is 4.74 Å². The molecule has 0 aliphatic carbocycles. The minimum atomic E-state index is -4.63. The van der Waals surface area contributed by atoms with Crippen LogP contribution < -0.4 is 10.7 Å². The van der Waals surface area contributed by atoms with Crippen LogP contribution in [0.3, 0.4) is 0 Å². The van der Waals surface area contributed by atoms with E-state index in [9.17, 15) is 27.6 Å². The third-order valence-corrected chi connectivity index (χ3v) is 9.54. The number of alkyl halides is 3. The summed E-state index contributed by atoms with van der Waals surface area (Å²) in [7, 11) is 0. The van der Waals surface area contributed by atoms with Crippen LogP contribution in [-0.4, -0.2) is 88.5 Å². The molecule has 5 heterocycles. The number of carbonyl (C=O) groups is 2. The van der Waals surface area contributed by atoms with E-state index in [2.05, 4.69) is 25.1 Å². The second kappa shape index (κ2) is 13.6. The van der Waals surface area contributed by atoms with E-state index in [0.717, 1.165) is 82.0 Å². The van der Waals surface area contributed by atoms with Gasteiger partial charge in [0.2, 0.25) is 5.91 Å². The van der Waals surface area contributed by atoms with Crippen molar-refractivity contribution >= 4 is 39.7 Å². The van der Waals surface area contributed by atoms with E-state index in [1.54, 1.807) is 18.3 Å². The van der Waals surface area contributed by atoms with Gasteiger partial charge in [-0.25, -0.2) is 9.97 Å². The van der Waals surface area contributed by atoms with E-state index < -0.39 is 23.2 Å². The Morgan fingerprint density at radius 2 is 1.83 bits per heavy atom. The second-order valence-corrected chi connectivity index (χ2v) is 12.8. The Balaban J connectivity index is 1.39. The first-order chi connectivity index (χ1) is 22.5. The number of ether oxygens (including phenoxy) is 1. The lowest BCUT2D eigenvalue weighted by molar-refractivity contribution is -0.140. The number of nitrogens with one attached hydrogen (secondary N) is 1. The van der Waals surface area contributed by atoms with Crippen LogP contribution in [0.2, 0.25) is 0 Å². The minimum absolute atomic E-state index is 0.0331. The number of thiazole rings is 1. The predicted octanol–water partition coefficient (Wildman–Crippen LogP) is 5.34. The number of hydrogen-bond acceptors (Lipinski definition) is 9. The van der Waals surface area contributed by atoms with Gasteiger partial charge in [0.1, 0.15) is 10.8 Å². The molecule has 10 nitrogen and oxygen atoms in total. The van der Waals surface area contributed by atoms with Crippen molar-refractivity contribution in [1.82, 2.24) is 24.3 Å². The summed E-state index contributed by atoms with van der Waals surface area (Å²) in [6.07, 6.45) is 0.341. The first-order valence-electron chi connectivity index (χ1n) is 15.5. The number of benzene rings is 1. The van der Waals surface area contributed by atoms with E-state index >= 15 is 0 Å². The number of likely N-dealkylation sites (tertiary alicyclic amines) is 1. The van der Waals surface area contributed by atoms with Crippen LogP contribution in [0.5, 0.6) is 0 Å². The number of halogens is 3. The topological polar surface area (TPSA) is 110 Å². The second-order valence-electron chi connectivity index (χ2n) is 11.9. The van der Waals surface area contributed by atoms with Gasteiger partial charge >= 0.3 is 6.18 Å². The number of Topliss-reactive ketones (excluding diaryl/α,β-unsaturated/α-hetero) is 1. The number of pyridine rings is 2. The molecule has 2 aliphatic rings. The number of nitrogens with zero attached hydrogens (tertiary/aromatic N) is 5. The van der Waals surface area contributed by atoms with Gasteiger partial charge in [-0.3, -0.25) is 19.3 Å². The van der Waals surface area contributed by atoms with E-state index in [-0.39, 0.29) is 28.2 Å². The number of rotatable bonds is 8. The highest BCUT2D eigenvalue weighted by Crippen LogP contribution is 2.39. The number of aromatic nitrogens is 3. The lowest BCUT2D eigenvalue weighted by Gasteiger charge is -2.36. The van der Waals surface area contributed by atoms with Crippen molar-refractivity contribution < 1.29 is 27.5 Å². The van der Waals surface area contributed by atoms with Gasteiger partial charge in [-0.05, 0) is 50.1 Å². The molecular formula is C33H35F3N6O4S. The minimum Gasteiger partial charge on any atom is -0.379 e. The molecular weight excluding hydrogens is 633 g/mol. The molecule has 2 fully saturated rings. The normalized spacial score (nSPS) is 18.0. The molecule has 14 heteroatoms. The fourth-order valence-corrected chi connectivity index (χ4v) is 7.14. The Bertz CT molecular complexity index is 1870. The third-order valence-electron chi connectivity index (χ3n) is 8.67. The molecule has 248 valence electrons. The molecule has 4 aromatic rings. The molecule has 0 saturated carbocycles. The number of morpholine rings is 1. The van der Waals surface area contributed by atoms with Crippen molar-refractivity contribution in [3.05, 3.63) is 63.5 Å². The van der Waals surface area contributed by atoms with Crippen LogP contribution in [0.4, 0.5) is 19.0 Å². The van der Waals surface area contributed by atoms with Crippen molar-refractivity contribution in [2.75, 3.05) is 57.8 Å². The average molecular weight is 669 g/mol. The molecule has 2 saturated heterocycles. The lowest BCUT2D eigenvalue weighted by atomic mass is 9.97. The molecule has 1 aromatic carbocycles. The highest BCUT2D eigenvalue weighted by atomic mass is 32.1. The predicted molar refractivity (Wildman–Crippen MR) is 174 cm³/mol. The molecule has 6 rings (SSSR count). The number of anilines is 1. The van der Waals surface area contributed by atoms with Crippen molar-refractivity contribution in [2.24, 2.45) is 0 Å². The zero-order chi connectivity index (χ0) is 33.3. The number of ketones is 1. The maximum Gasteiger partial charge on any atom is 0.434 e. The Morgan fingerprint density at radius 3 is 2.53 bits per heavy atom. The van der Waals surface area contributed by atoms with E-state index in [1.807, 2.05) is 10.6 Å². The van der Waals surface area contributed by atoms with Gasteiger partial charge in [0.15, 0.2) is 16.9 Å². The first-order valence-corrected chi connectivity index (χ1v) is 16.4. The monoisotopic (exact) mass is 668 g/mol. The summed E-state index contributed by atoms with van der Waals surface area (Å²) in [5.74, 6) is -0.588. The maximum atomic E-state index is 13.7. The highest BCUT2D eigenvalue weighted by molar-refractivity contribution is 7.13. The SMILES string of the molecule is CC(=O)Nc1cc(-c2nc(C(F)(F)F)cs2)c(-c2ccc3c(c2)c(=O)c(C(C)=O)cn3C2CCCN(CCN3CCOCC3)C2)cn1. The summed E-state index contributed by atoms with van der Waals surface area (Å²) >= 11 is 0.817. The molecule has 1 amide bonds. The Labute approximate surface area is 273 Å². The van der Waals surface area contributed by atoms with E-state index in [1.165, 1.54) is 26.1 Å². The summed E-state index contributed by atoms with van der Waals surface area (Å²) < 4.78 is 47.9. The van der Waals surface area contributed by atoms with Crippen LogP contribution in [-0.2, 0) is 15.7 Å². The quantitative estimate of drug-likeness (QED) is 0.251. The maximum absolute atomic E-state index is 13.7. The summed E-state index contributed by atoms with van der Waals surface area (Å²) in [5.41, 5.74) is 0.558. The molecule has 0 bridgehead atoms. The third kappa shape index (κ3) is 7.30. The molecule has 0 radical (unpaired) electrons. The lowest BCUT2D eigenvalue weighted by Crippen LogP contribution is -2.44. The van der Waals surface area contributed by atoms with Crippen LogP contribution in [0, 0.1) is 0 Å². The van der Waals surface area contributed by atoms with Crippen LogP contribution in [0.25, 0.3) is 32.6 Å². The zero-order valence-corrected chi connectivity index (χ0v) is 26.9. The van der Waals surface area contributed by atoms with E-state index in [0.29, 0.717) is 27.6 Å². The average Bonchev–Trinajstić information content (AvgIpc) is 3.56. The van der Waals surface area contributed by atoms with Crippen molar-refractivity contribution in [3.8, 4) is 21.7 Å². The molecule has 1 N–H and O–H groups in total. The van der Waals surface area contributed by atoms with Crippen LogP contribution in [0.15, 0.2) is 46.8 Å². The number of amides is 1. The zero-order valence-electron chi connectivity index (χ0n) is 26.1. The van der Waals surface area contributed by atoms with Crippen LogP contribution in [0.1, 0.15) is 48.8 Å². The molecule has 2 aliphatic heterocycles. The van der Waals surface area contributed by atoms with Gasteiger partial charge in [-0.2, -0.15) is 13.2 Å².